The van der Waals surface area contributed by atoms with Gasteiger partial charge in [-0.2, -0.15) is 0 Å². The SMILES string of the molecule is CC(C)(C)c1cccc(C(C)(C)C)c1OP(O)Oc1c(C(C)(C)C)cccc1C(C)(C)C.CF. The van der Waals surface area contributed by atoms with Crippen molar-refractivity contribution in [3.8, 4) is 11.5 Å². The number of rotatable bonds is 4. The zero-order chi connectivity index (χ0) is 26.7. The molecule has 5 heteroatoms. The van der Waals surface area contributed by atoms with Crippen molar-refractivity contribution in [3.05, 3.63) is 58.7 Å². The number of para-hydroxylation sites is 2. The maximum atomic E-state index is 11.1. The van der Waals surface area contributed by atoms with Gasteiger partial charge in [0, 0.05) is 22.3 Å². The van der Waals surface area contributed by atoms with E-state index in [-0.39, 0.29) is 21.7 Å². The van der Waals surface area contributed by atoms with Crippen molar-refractivity contribution in [1.29, 1.82) is 0 Å². The molecular formula is C29H46FO3P. The van der Waals surface area contributed by atoms with Gasteiger partial charge in [-0.1, -0.05) is 119 Å². The molecule has 0 heterocycles. The fourth-order valence-electron chi connectivity index (χ4n) is 3.81. The van der Waals surface area contributed by atoms with Gasteiger partial charge in [-0.05, 0) is 21.7 Å². The molecule has 0 atom stereocenters. The van der Waals surface area contributed by atoms with Crippen LogP contribution >= 0.6 is 8.60 Å². The third kappa shape index (κ3) is 7.68. The number of hydrogen-bond donors (Lipinski definition) is 1. The number of alkyl halides is 1. The zero-order valence-electron chi connectivity index (χ0n) is 23.6. The van der Waals surface area contributed by atoms with E-state index in [1.54, 1.807) is 0 Å². The summed E-state index contributed by atoms with van der Waals surface area (Å²) >= 11 is 0. The molecule has 2 rings (SSSR count). The summed E-state index contributed by atoms with van der Waals surface area (Å²) < 4.78 is 22.0. The Bertz CT molecular complexity index is 800. The summed E-state index contributed by atoms with van der Waals surface area (Å²) in [5.74, 6) is 1.46. The molecule has 0 radical (unpaired) electrons. The molecule has 0 aliphatic rings. The van der Waals surface area contributed by atoms with Gasteiger partial charge in [-0.15, -0.1) is 0 Å². The highest BCUT2D eigenvalue weighted by atomic mass is 31.2. The lowest BCUT2D eigenvalue weighted by molar-refractivity contribution is 0.360. The van der Waals surface area contributed by atoms with Crippen molar-refractivity contribution in [3.63, 3.8) is 0 Å². The predicted octanol–water partition coefficient (Wildman–Crippen LogP) is 9.14. The van der Waals surface area contributed by atoms with Crippen LogP contribution in [-0.2, 0) is 21.7 Å². The van der Waals surface area contributed by atoms with Crippen LogP contribution in [0.15, 0.2) is 36.4 Å². The second kappa shape index (κ2) is 11.0. The predicted molar refractivity (Wildman–Crippen MR) is 145 cm³/mol. The highest BCUT2D eigenvalue weighted by Gasteiger charge is 2.32. The number of benzene rings is 2. The lowest BCUT2D eigenvalue weighted by atomic mass is 9.79. The fraction of sp³-hybridized carbons (Fsp3) is 0.586. The van der Waals surface area contributed by atoms with Crippen LogP contribution in [-0.4, -0.2) is 12.1 Å². The Labute approximate surface area is 209 Å². The third-order valence-corrected chi connectivity index (χ3v) is 6.28. The van der Waals surface area contributed by atoms with E-state index in [0.717, 1.165) is 33.8 Å². The molecule has 2 aromatic carbocycles. The summed E-state index contributed by atoms with van der Waals surface area (Å²) in [5, 5.41) is 0. The Morgan fingerprint density at radius 2 is 0.735 bits per heavy atom. The molecule has 192 valence electrons. The van der Waals surface area contributed by atoms with Crippen LogP contribution in [0, 0.1) is 0 Å². The van der Waals surface area contributed by atoms with Gasteiger partial charge in [0.05, 0.1) is 7.18 Å². The van der Waals surface area contributed by atoms with E-state index in [4.69, 9.17) is 9.05 Å². The molecule has 0 saturated carbocycles. The van der Waals surface area contributed by atoms with E-state index in [2.05, 4.69) is 119 Å². The molecule has 0 aliphatic heterocycles. The van der Waals surface area contributed by atoms with Crippen LogP contribution in [0.5, 0.6) is 11.5 Å². The molecule has 2 aromatic rings. The molecular weight excluding hydrogens is 446 g/mol. The second-order valence-corrected chi connectivity index (χ2v) is 13.6. The third-order valence-electron chi connectivity index (χ3n) is 5.60. The largest absolute Gasteiger partial charge is 0.460 e. The summed E-state index contributed by atoms with van der Waals surface area (Å²) in [5.41, 5.74) is 3.73. The van der Waals surface area contributed by atoms with Gasteiger partial charge in [0.25, 0.3) is 0 Å². The Kier molecular flexibility index (Phi) is 9.79. The molecule has 0 aromatic heterocycles. The molecule has 3 nitrogen and oxygen atoms in total. The van der Waals surface area contributed by atoms with E-state index in [9.17, 15) is 9.28 Å². The van der Waals surface area contributed by atoms with Gasteiger partial charge in [-0.3, -0.25) is 4.39 Å². The minimum absolute atomic E-state index is 0.132. The first-order valence-corrected chi connectivity index (χ1v) is 13.0. The van der Waals surface area contributed by atoms with Crippen molar-refractivity contribution >= 4 is 8.60 Å². The van der Waals surface area contributed by atoms with E-state index in [0.29, 0.717) is 7.18 Å². The standard InChI is InChI=1S/C28H43O3P.CH3F/c1-25(2,3)19-15-13-16-20(26(4,5)6)23(19)30-32(29)31-24-21(27(7,8)9)17-14-18-22(24)28(10,11)12;1-2/h13-18,29H,1-12H3;1H3. The summed E-state index contributed by atoms with van der Waals surface area (Å²) in [6.45, 7) is 25.9. The van der Waals surface area contributed by atoms with E-state index >= 15 is 0 Å². The zero-order valence-corrected chi connectivity index (χ0v) is 24.4. The molecule has 0 amide bonds. The highest BCUT2D eigenvalue weighted by Crippen LogP contribution is 2.49. The van der Waals surface area contributed by atoms with Crippen LogP contribution in [0.3, 0.4) is 0 Å². The Hall–Kier alpha value is -1.64. The van der Waals surface area contributed by atoms with Gasteiger partial charge >= 0.3 is 8.60 Å². The number of halogens is 1. The summed E-state index contributed by atoms with van der Waals surface area (Å²) in [6.07, 6.45) is 0. The van der Waals surface area contributed by atoms with Gasteiger partial charge in [0.15, 0.2) is 0 Å². The highest BCUT2D eigenvalue weighted by molar-refractivity contribution is 7.41. The minimum Gasteiger partial charge on any atom is -0.417 e. The summed E-state index contributed by atoms with van der Waals surface area (Å²) in [4.78, 5) is 11.1. The van der Waals surface area contributed by atoms with Gasteiger partial charge < -0.3 is 13.9 Å². The lowest BCUT2D eigenvalue weighted by Crippen LogP contribution is -2.20. The van der Waals surface area contributed by atoms with Gasteiger partial charge in [-0.25, -0.2) is 0 Å². The average molecular weight is 493 g/mol. The molecule has 0 bridgehead atoms. The second-order valence-electron chi connectivity index (χ2n) is 12.8. The average Bonchev–Trinajstić information content (AvgIpc) is 2.66. The first-order valence-electron chi connectivity index (χ1n) is 11.8. The molecule has 1 N–H and O–H groups in total. The van der Waals surface area contributed by atoms with Crippen molar-refractivity contribution in [1.82, 2.24) is 0 Å². The topological polar surface area (TPSA) is 38.7 Å². The van der Waals surface area contributed by atoms with Crippen LogP contribution in [0.1, 0.15) is 105 Å². The Morgan fingerprint density at radius 1 is 0.529 bits per heavy atom. The Morgan fingerprint density at radius 3 is 0.912 bits per heavy atom. The van der Waals surface area contributed by atoms with Gasteiger partial charge in [0.1, 0.15) is 11.5 Å². The van der Waals surface area contributed by atoms with Crippen molar-refractivity contribution < 1.29 is 18.3 Å². The maximum absolute atomic E-state index is 11.1. The first kappa shape index (κ1) is 30.4. The summed E-state index contributed by atoms with van der Waals surface area (Å²) in [6, 6.07) is 12.5. The van der Waals surface area contributed by atoms with E-state index in [1.165, 1.54) is 0 Å². The summed E-state index contributed by atoms with van der Waals surface area (Å²) in [7, 11) is -1.69. The van der Waals surface area contributed by atoms with Gasteiger partial charge in [0.2, 0.25) is 0 Å². The quantitative estimate of drug-likeness (QED) is 0.433. The molecule has 0 unspecified atom stereocenters. The monoisotopic (exact) mass is 492 g/mol. The molecule has 34 heavy (non-hydrogen) atoms. The van der Waals surface area contributed by atoms with Crippen molar-refractivity contribution in [2.75, 3.05) is 7.18 Å². The van der Waals surface area contributed by atoms with E-state index in [1.807, 2.05) is 0 Å². The van der Waals surface area contributed by atoms with Crippen LogP contribution in [0.2, 0.25) is 0 Å². The molecule has 0 fully saturated rings. The maximum Gasteiger partial charge on any atom is 0.460 e. The van der Waals surface area contributed by atoms with Crippen molar-refractivity contribution in [2.45, 2.75) is 105 Å². The van der Waals surface area contributed by atoms with E-state index < -0.39 is 8.60 Å². The molecule has 0 saturated heterocycles. The Balaban J connectivity index is 0.00000281. The lowest BCUT2D eigenvalue weighted by Gasteiger charge is -2.32. The smallest absolute Gasteiger partial charge is 0.417 e. The normalized spacial score (nSPS) is 12.8. The minimum atomic E-state index is -2.19. The molecule has 0 spiro atoms. The van der Waals surface area contributed by atoms with Crippen LogP contribution < -0.4 is 9.05 Å². The van der Waals surface area contributed by atoms with Crippen molar-refractivity contribution in [2.24, 2.45) is 0 Å². The first-order chi connectivity index (χ1) is 15.3. The van der Waals surface area contributed by atoms with Crippen LogP contribution in [0.4, 0.5) is 4.39 Å². The molecule has 0 aliphatic carbocycles. The fourth-order valence-corrected chi connectivity index (χ4v) is 4.55. The number of hydrogen-bond acceptors (Lipinski definition) is 3. The van der Waals surface area contributed by atoms with Crippen LogP contribution in [0.25, 0.3) is 0 Å².